The van der Waals surface area contributed by atoms with Gasteiger partial charge in [0.05, 0.1) is 22.9 Å². The molecule has 1 fully saturated rings. The summed E-state index contributed by atoms with van der Waals surface area (Å²) in [6.07, 6.45) is 1.42. The lowest BCUT2D eigenvalue weighted by atomic mass is 10.3. The van der Waals surface area contributed by atoms with Gasteiger partial charge < -0.3 is 15.0 Å². The summed E-state index contributed by atoms with van der Waals surface area (Å²) in [5, 5.41) is 1.76. The lowest BCUT2D eigenvalue weighted by molar-refractivity contribution is -0.143. The Morgan fingerprint density at radius 1 is 1.20 bits per heavy atom. The number of hydrogen-bond donors (Lipinski definition) is 1. The molecule has 1 aromatic carbocycles. The van der Waals surface area contributed by atoms with Gasteiger partial charge in [0.2, 0.25) is 11.8 Å². The molecule has 1 atom stereocenters. The maximum Gasteiger partial charge on any atom is 0.325 e. The van der Waals surface area contributed by atoms with E-state index in [0.717, 1.165) is 3.97 Å². The predicted molar refractivity (Wildman–Crippen MR) is 110 cm³/mol. The van der Waals surface area contributed by atoms with Gasteiger partial charge in [-0.1, -0.05) is 18.2 Å². The van der Waals surface area contributed by atoms with Crippen molar-refractivity contribution in [2.24, 2.45) is 0 Å². The van der Waals surface area contributed by atoms with Gasteiger partial charge in [0.1, 0.15) is 18.5 Å². The molecule has 1 aromatic heterocycles. The van der Waals surface area contributed by atoms with E-state index in [4.69, 9.17) is 4.74 Å². The monoisotopic (exact) mass is 451 g/mol. The number of amides is 2. The third-order valence-electron chi connectivity index (χ3n) is 4.31. The Hall–Kier alpha value is -2.79. The van der Waals surface area contributed by atoms with Gasteiger partial charge in [0.25, 0.3) is 10.0 Å². The van der Waals surface area contributed by atoms with E-state index in [0.29, 0.717) is 5.69 Å². The van der Waals surface area contributed by atoms with Crippen LogP contribution >= 0.6 is 11.8 Å². The summed E-state index contributed by atoms with van der Waals surface area (Å²) in [6.45, 7) is 1.26. The minimum atomic E-state index is -3.86. The fourth-order valence-corrected chi connectivity index (χ4v) is 5.62. The topological polar surface area (TPSA) is 115 Å². The minimum Gasteiger partial charge on any atom is -0.465 e. The Morgan fingerprint density at radius 3 is 2.63 bits per heavy atom. The van der Waals surface area contributed by atoms with Gasteiger partial charge in [-0.2, -0.15) is 0 Å². The Balaban J connectivity index is 1.79. The van der Waals surface area contributed by atoms with E-state index in [1.54, 1.807) is 37.3 Å². The molecule has 160 valence electrons. The fourth-order valence-electron chi connectivity index (χ4n) is 2.96. The number of benzene rings is 1. The molecule has 0 saturated carbocycles. The molecule has 1 aliphatic rings. The van der Waals surface area contributed by atoms with Crippen molar-refractivity contribution in [3.63, 3.8) is 0 Å². The van der Waals surface area contributed by atoms with Crippen molar-refractivity contribution < 1.29 is 27.5 Å². The third-order valence-corrected chi connectivity index (χ3v) is 7.26. The molecule has 0 aliphatic carbocycles. The number of nitrogens with one attached hydrogen (secondary N) is 1. The zero-order valence-electron chi connectivity index (χ0n) is 16.2. The number of esters is 1. The largest absolute Gasteiger partial charge is 0.465 e. The SMILES string of the molecule is CCOC(=O)CNC(=O)CN1C(=O)CSC1c1cccn1S(=O)(=O)c1ccccc1. The van der Waals surface area contributed by atoms with Gasteiger partial charge >= 0.3 is 5.97 Å². The van der Waals surface area contributed by atoms with Crippen LogP contribution in [0, 0.1) is 0 Å². The summed E-state index contributed by atoms with van der Waals surface area (Å²) < 4.78 is 32.0. The van der Waals surface area contributed by atoms with Crippen molar-refractivity contribution in [2.45, 2.75) is 17.2 Å². The predicted octanol–water partition coefficient (Wildman–Crippen LogP) is 0.978. The van der Waals surface area contributed by atoms with Crippen LogP contribution < -0.4 is 5.32 Å². The van der Waals surface area contributed by atoms with Crippen molar-refractivity contribution in [1.82, 2.24) is 14.2 Å². The molecule has 0 radical (unpaired) electrons. The highest BCUT2D eigenvalue weighted by Crippen LogP contribution is 2.39. The number of hydrogen-bond acceptors (Lipinski definition) is 7. The summed E-state index contributed by atoms with van der Waals surface area (Å²) in [5.41, 5.74) is 0.368. The van der Waals surface area contributed by atoms with Crippen molar-refractivity contribution in [1.29, 1.82) is 0 Å². The second-order valence-electron chi connectivity index (χ2n) is 6.31. The zero-order valence-corrected chi connectivity index (χ0v) is 17.8. The Kier molecular flexibility index (Phi) is 6.83. The van der Waals surface area contributed by atoms with Gasteiger partial charge in [-0.25, -0.2) is 12.4 Å². The first-order chi connectivity index (χ1) is 14.3. The summed E-state index contributed by atoms with van der Waals surface area (Å²) in [4.78, 5) is 37.4. The van der Waals surface area contributed by atoms with Crippen LogP contribution in [0.1, 0.15) is 18.0 Å². The van der Waals surface area contributed by atoms with E-state index >= 15 is 0 Å². The van der Waals surface area contributed by atoms with Crippen LogP contribution in [0.2, 0.25) is 0 Å². The van der Waals surface area contributed by atoms with Crippen LogP contribution in [0.15, 0.2) is 53.6 Å². The molecule has 2 aromatic rings. The van der Waals surface area contributed by atoms with Crippen LogP contribution in [0.5, 0.6) is 0 Å². The second kappa shape index (κ2) is 9.35. The van der Waals surface area contributed by atoms with Crippen molar-refractivity contribution in [2.75, 3.05) is 25.4 Å². The molecule has 3 rings (SSSR count). The molecule has 1 unspecified atom stereocenters. The molecule has 1 aliphatic heterocycles. The van der Waals surface area contributed by atoms with Crippen LogP contribution in [0.3, 0.4) is 0 Å². The molecule has 1 saturated heterocycles. The number of nitrogens with zero attached hydrogens (tertiary/aromatic N) is 2. The van der Waals surface area contributed by atoms with E-state index in [1.165, 1.54) is 35.0 Å². The van der Waals surface area contributed by atoms with Gasteiger partial charge in [0, 0.05) is 6.20 Å². The quantitative estimate of drug-likeness (QED) is 0.595. The van der Waals surface area contributed by atoms with E-state index in [-0.39, 0.29) is 36.3 Å². The first kappa shape index (κ1) is 21.9. The minimum absolute atomic E-state index is 0.117. The number of rotatable bonds is 8. The Morgan fingerprint density at radius 2 is 1.93 bits per heavy atom. The lowest BCUT2D eigenvalue weighted by Gasteiger charge is -2.24. The highest BCUT2D eigenvalue weighted by molar-refractivity contribution is 8.00. The number of ether oxygens (including phenoxy) is 1. The van der Waals surface area contributed by atoms with Crippen molar-refractivity contribution in [3.05, 3.63) is 54.4 Å². The summed E-state index contributed by atoms with van der Waals surface area (Å²) in [7, 11) is -3.86. The maximum atomic E-state index is 13.0. The standard InChI is InChI=1S/C19H21N3O6S2/c1-2-28-18(25)11-20-16(23)12-21-17(24)13-29-19(21)15-9-6-10-22(15)30(26,27)14-7-4-3-5-8-14/h3-10,19H,2,11-13H2,1H3,(H,20,23). The number of carbonyl (C=O) groups is 3. The molecule has 11 heteroatoms. The number of thioether (sulfide) groups is 1. The molecule has 0 bridgehead atoms. The van der Waals surface area contributed by atoms with Crippen molar-refractivity contribution in [3.8, 4) is 0 Å². The summed E-state index contributed by atoms with van der Waals surface area (Å²) in [5.74, 6) is -1.28. The average molecular weight is 452 g/mol. The average Bonchev–Trinajstić information content (AvgIpc) is 3.35. The Labute approximate surface area is 178 Å². The number of carbonyl (C=O) groups excluding carboxylic acids is 3. The highest BCUT2D eigenvalue weighted by atomic mass is 32.2. The van der Waals surface area contributed by atoms with Crippen LogP contribution in [0.25, 0.3) is 0 Å². The normalized spacial score (nSPS) is 16.5. The van der Waals surface area contributed by atoms with Crippen LogP contribution in [0.4, 0.5) is 0 Å². The molecule has 30 heavy (non-hydrogen) atoms. The first-order valence-corrected chi connectivity index (χ1v) is 11.6. The van der Waals surface area contributed by atoms with Gasteiger partial charge in [0.15, 0.2) is 0 Å². The molecular weight excluding hydrogens is 430 g/mol. The van der Waals surface area contributed by atoms with E-state index in [2.05, 4.69) is 5.32 Å². The maximum absolute atomic E-state index is 13.0. The molecule has 2 heterocycles. The summed E-state index contributed by atoms with van der Waals surface area (Å²) >= 11 is 1.24. The molecule has 9 nitrogen and oxygen atoms in total. The molecular formula is C19H21N3O6S2. The Bertz CT molecular complexity index is 1040. The van der Waals surface area contributed by atoms with E-state index in [9.17, 15) is 22.8 Å². The van der Waals surface area contributed by atoms with E-state index < -0.39 is 27.3 Å². The van der Waals surface area contributed by atoms with Crippen LogP contribution in [-0.4, -0.2) is 60.5 Å². The molecule has 2 amide bonds. The van der Waals surface area contributed by atoms with E-state index in [1.807, 2.05) is 0 Å². The molecule has 1 N–H and O–H groups in total. The summed E-state index contributed by atoms with van der Waals surface area (Å²) in [6, 6.07) is 11.2. The van der Waals surface area contributed by atoms with Gasteiger partial charge in [-0.3, -0.25) is 14.4 Å². The van der Waals surface area contributed by atoms with Crippen LogP contribution in [-0.2, 0) is 29.1 Å². The number of aromatic nitrogens is 1. The smallest absolute Gasteiger partial charge is 0.325 e. The van der Waals surface area contributed by atoms with Gasteiger partial charge in [-0.15, -0.1) is 11.8 Å². The van der Waals surface area contributed by atoms with Gasteiger partial charge in [-0.05, 0) is 31.2 Å². The first-order valence-electron chi connectivity index (χ1n) is 9.16. The highest BCUT2D eigenvalue weighted by Gasteiger charge is 2.37. The molecule has 0 spiro atoms. The van der Waals surface area contributed by atoms with Crippen molar-refractivity contribution >= 4 is 39.6 Å². The third kappa shape index (κ3) is 4.68. The second-order valence-corrected chi connectivity index (χ2v) is 9.20. The zero-order chi connectivity index (χ0) is 21.7. The lowest BCUT2D eigenvalue weighted by Crippen LogP contribution is -2.41. The fraction of sp³-hybridized carbons (Fsp3) is 0.316.